The van der Waals surface area contributed by atoms with Gasteiger partial charge in [-0.15, -0.1) is 11.6 Å². The predicted molar refractivity (Wildman–Crippen MR) is 142 cm³/mol. The van der Waals surface area contributed by atoms with Crippen molar-refractivity contribution in [3.05, 3.63) is 100 Å². The summed E-state index contributed by atoms with van der Waals surface area (Å²) in [5, 5.41) is 10.8. The zero-order chi connectivity index (χ0) is 24.8. The van der Waals surface area contributed by atoms with Crippen LogP contribution in [0.1, 0.15) is 21.7 Å². The Balaban J connectivity index is 0.00000117. The van der Waals surface area contributed by atoms with Crippen LogP contribution in [0, 0.1) is 11.3 Å². The van der Waals surface area contributed by atoms with Gasteiger partial charge >= 0.3 is 0 Å². The average Bonchev–Trinajstić information content (AvgIpc) is 3.46. The molecule has 4 aromatic rings. The first-order valence-corrected chi connectivity index (χ1v) is 12.0. The number of carbonyl (C=O) groups excluding carboxylic acids is 1. The Morgan fingerprint density at radius 1 is 0.972 bits per heavy atom. The van der Waals surface area contributed by atoms with Crippen molar-refractivity contribution in [1.29, 1.82) is 5.26 Å². The van der Waals surface area contributed by atoms with Crippen molar-refractivity contribution in [2.45, 2.75) is 6.54 Å². The molecule has 1 fully saturated rings. The highest BCUT2D eigenvalue weighted by atomic mass is 35.5. The normalized spacial score (nSPS) is 12.8. The first-order valence-electron chi connectivity index (χ1n) is 11.2. The second-order valence-corrected chi connectivity index (χ2v) is 7.99. The van der Waals surface area contributed by atoms with Gasteiger partial charge in [0.15, 0.2) is 5.76 Å². The topological polar surface area (TPSA) is 117 Å². The van der Waals surface area contributed by atoms with Crippen molar-refractivity contribution in [3.8, 4) is 6.07 Å². The van der Waals surface area contributed by atoms with E-state index >= 15 is 0 Å². The third-order valence-electron chi connectivity index (χ3n) is 6.06. The lowest BCUT2D eigenvalue weighted by atomic mass is 10.1. The Morgan fingerprint density at radius 3 is 2.28 bits per heavy atom. The minimum Gasteiger partial charge on any atom is -0.459 e. The molecule has 0 radical (unpaired) electrons. The van der Waals surface area contributed by atoms with E-state index in [4.69, 9.17) is 4.42 Å². The minimum atomic E-state index is -0.302. The van der Waals surface area contributed by atoms with Crippen molar-refractivity contribution in [2.75, 3.05) is 37.5 Å². The van der Waals surface area contributed by atoms with E-state index in [-0.39, 0.29) is 23.2 Å². The van der Waals surface area contributed by atoms with Crippen LogP contribution in [0.4, 0.5) is 5.69 Å². The molecule has 186 valence electrons. The highest BCUT2D eigenvalue weighted by molar-refractivity contribution is 6.15. The summed E-state index contributed by atoms with van der Waals surface area (Å²) >= 11 is 4.64. The van der Waals surface area contributed by atoms with Crippen molar-refractivity contribution >= 4 is 34.1 Å². The Morgan fingerprint density at radius 2 is 1.64 bits per heavy atom. The zero-order valence-corrected chi connectivity index (χ0v) is 20.8. The summed E-state index contributed by atoms with van der Waals surface area (Å²) in [5.74, 6) is 0.165. The van der Waals surface area contributed by atoms with Crippen LogP contribution in [0.2, 0.25) is 0 Å². The number of benzene rings is 2. The molecule has 0 unspecified atom stereocenters. The predicted octanol–water partition coefficient (Wildman–Crippen LogP) is 4.49. The molecule has 1 aliphatic heterocycles. The summed E-state index contributed by atoms with van der Waals surface area (Å²) in [6.07, 6.45) is 2.96. The fourth-order valence-corrected chi connectivity index (χ4v) is 4.43. The highest BCUT2D eigenvalue weighted by Gasteiger charge is 2.27. The van der Waals surface area contributed by atoms with Gasteiger partial charge in [0.2, 0.25) is 0 Å². The lowest BCUT2D eigenvalue weighted by Gasteiger charge is -2.36. The molecule has 0 atom stereocenters. The fourth-order valence-electron chi connectivity index (χ4n) is 4.43. The summed E-state index contributed by atoms with van der Waals surface area (Å²) < 4.78 is 6.91. The number of rotatable bonds is 4. The third-order valence-corrected chi connectivity index (χ3v) is 6.06. The van der Waals surface area contributed by atoms with E-state index in [9.17, 15) is 14.9 Å². The number of pyridine rings is 1. The largest absolute Gasteiger partial charge is 0.459 e. The lowest BCUT2D eigenvalue weighted by Crippen LogP contribution is -2.49. The van der Waals surface area contributed by atoms with Crippen molar-refractivity contribution in [3.63, 3.8) is 0 Å². The van der Waals surface area contributed by atoms with Crippen LogP contribution in [0.3, 0.4) is 0 Å². The van der Waals surface area contributed by atoms with Gasteiger partial charge in [-0.3, -0.25) is 9.59 Å². The molecule has 8 nitrogen and oxygen atoms in total. The number of amides is 1. The van der Waals surface area contributed by atoms with Crippen LogP contribution in [-0.2, 0) is 6.54 Å². The molecule has 1 saturated heterocycles. The Labute approximate surface area is 214 Å². The number of furan rings is 1. The number of piperazine rings is 1. The van der Waals surface area contributed by atoms with Gasteiger partial charge in [-0.05, 0) is 23.8 Å². The number of halogens is 1. The van der Waals surface area contributed by atoms with Crippen LogP contribution in [0.15, 0.2) is 82.2 Å². The molecule has 0 saturated carbocycles. The first-order chi connectivity index (χ1) is 17.2. The minimum absolute atomic E-state index is 0. The Kier molecular flexibility index (Phi) is 8.90. The van der Waals surface area contributed by atoms with E-state index in [0.29, 0.717) is 44.2 Å². The number of anilines is 1. The Hall–Kier alpha value is -4.06. The van der Waals surface area contributed by atoms with Gasteiger partial charge in [0.25, 0.3) is 11.5 Å². The molecule has 1 amide bonds. The van der Waals surface area contributed by atoms with Gasteiger partial charge in [-0.2, -0.15) is 5.26 Å². The number of fused-ring (bicyclic) bond motifs is 1. The van der Waals surface area contributed by atoms with Crippen molar-refractivity contribution in [2.24, 2.45) is 0 Å². The van der Waals surface area contributed by atoms with Crippen LogP contribution in [0.25, 0.3) is 10.9 Å². The molecule has 1 aliphatic rings. The summed E-state index contributed by atoms with van der Waals surface area (Å²) in [6.45, 7) is 2.39. The van der Waals surface area contributed by atoms with Gasteiger partial charge in [-0.25, -0.2) is 0 Å². The van der Waals surface area contributed by atoms with E-state index in [1.165, 1.54) is 12.6 Å². The molecule has 0 spiro atoms. The molecule has 0 bridgehead atoms. The number of hydrogen-bond acceptors (Lipinski definition) is 6. The summed E-state index contributed by atoms with van der Waals surface area (Å²) in [4.78, 5) is 29.8. The standard InChI is InChI=1S/C26H22N4O3.CH3Cl.H3N/c27-17-21-24(28-12-14-29(15-13-28)26(32)23-11-6-16-33-23)20-9-4-5-10-22(20)30(25(21)31)18-19-7-2-1-3-8-19;1-2;/h1-11,16H,12-15,18H2;1H3;1H3. The molecule has 3 heterocycles. The molecule has 2 aromatic carbocycles. The second kappa shape index (κ2) is 12.1. The monoisotopic (exact) mass is 505 g/mol. The zero-order valence-electron chi connectivity index (χ0n) is 20.1. The molecular formula is C27H28ClN5O3. The van der Waals surface area contributed by atoms with Crippen molar-refractivity contribution < 1.29 is 9.21 Å². The average molecular weight is 506 g/mol. The second-order valence-electron chi connectivity index (χ2n) is 7.99. The summed E-state index contributed by atoms with van der Waals surface area (Å²) in [6, 6.07) is 22.9. The van der Waals surface area contributed by atoms with Crippen molar-refractivity contribution in [1.82, 2.24) is 15.6 Å². The van der Waals surface area contributed by atoms with E-state index in [2.05, 4.69) is 17.7 Å². The summed E-state index contributed by atoms with van der Waals surface area (Å²) in [5.41, 5.74) is 2.26. The van der Waals surface area contributed by atoms with Crippen LogP contribution in [0.5, 0.6) is 0 Å². The van der Waals surface area contributed by atoms with Gasteiger partial charge < -0.3 is 24.9 Å². The van der Waals surface area contributed by atoms with Crippen LogP contribution >= 0.6 is 11.6 Å². The molecule has 0 aliphatic carbocycles. The first kappa shape index (κ1) is 26.5. The van der Waals surface area contributed by atoms with Gasteiger partial charge in [-0.1, -0.05) is 48.5 Å². The number of alkyl halides is 1. The summed E-state index contributed by atoms with van der Waals surface area (Å²) in [7, 11) is 0. The van der Waals surface area contributed by atoms with E-state index in [0.717, 1.165) is 16.5 Å². The molecule has 2 aromatic heterocycles. The maximum Gasteiger partial charge on any atom is 0.289 e. The van der Waals surface area contributed by atoms with Crippen LogP contribution < -0.4 is 16.6 Å². The number of hydrogen-bond donors (Lipinski definition) is 1. The molecule has 36 heavy (non-hydrogen) atoms. The lowest BCUT2D eigenvalue weighted by molar-refractivity contribution is 0.0715. The molecule has 9 heteroatoms. The maximum absolute atomic E-state index is 13.4. The van der Waals surface area contributed by atoms with E-state index < -0.39 is 0 Å². The maximum atomic E-state index is 13.4. The number of carbonyl (C=O) groups is 1. The third kappa shape index (κ3) is 5.13. The number of nitrogens with zero attached hydrogens (tertiary/aromatic N) is 4. The Bertz CT molecular complexity index is 1400. The highest BCUT2D eigenvalue weighted by Crippen LogP contribution is 2.30. The smallest absolute Gasteiger partial charge is 0.289 e. The molecule has 5 rings (SSSR count). The van der Waals surface area contributed by atoms with Gasteiger partial charge in [0, 0.05) is 37.9 Å². The van der Waals surface area contributed by atoms with Gasteiger partial charge in [0.05, 0.1) is 24.0 Å². The number of para-hydroxylation sites is 1. The SMILES string of the molecule is CCl.N.N#Cc1c(N2CCN(C(=O)c3ccco3)CC2)c2ccccc2n(Cc2ccccc2)c1=O. The van der Waals surface area contributed by atoms with E-state index in [1.54, 1.807) is 21.6 Å². The number of nitriles is 1. The van der Waals surface area contributed by atoms with E-state index in [1.807, 2.05) is 59.5 Å². The molecular weight excluding hydrogens is 478 g/mol. The van der Waals surface area contributed by atoms with Gasteiger partial charge in [0.1, 0.15) is 11.6 Å². The number of aromatic nitrogens is 1. The quantitative estimate of drug-likeness (QED) is 0.408. The fraction of sp³-hybridized carbons (Fsp3) is 0.222. The molecule has 3 N–H and O–H groups in total. The van der Waals surface area contributed by atoms with Crippen LogP contribution in [-0.4, -0.2) is 47.9 Å².